The van der Waals surface area contributed by atoms with Gasteiger partial charge in [0.2, 0.25) is 0 Å². The molecule has 0 radical (unpaired) electrons. The second-order valence-corrected chi connectivity index (χ2v) is 6.79. The number of amides is 1. The van der Waals surface area contributed by atoms with Crippen molar-refractivity contribution in [2.45, 2.75) is 13.0 Å². The highest BCUT2D eigenvalue weighted by molar-refractivity contribution is 5.94. The van der Waals surface area contributed by atoms with E-state index in [0.29, 0.717) is 33.7 Å². The number of hydrogen-bond donors (Lipinski definition) is 1. The minimum atomic E-state index is -0.737. The van der Waals surface area contributed by atoms with Crippen molar-refractivity contribution in [1.29, 1.82) is 5.26 Å². The fourth-order valence-electron chi connectivity index (χ4n) is 2.77. The molecule has 3 rings (SSSR count). The molecule has 0 fully saturated rings. The largest absolute Gasteiger partial charge is 0.481 e. The highest BCUT2D eigenvalue weighted by atomic mass is 16.5. The summed E-state index contributed by atoms with van der Waals surface area (Å²) in [5.74, 6) is 5.80. The van der Waals surface area contributed by atoms with E-state index in [2.05, 4.69) is 17.2 Å². The second kappa shape index (κ2) is 10.5. The number of nitrogens with zero attached hydrogens (tertiary/aromatic N) is 1. The molecule has 6 nitrogen and oxygen atoms in total. The smallest absolute Gasteiger partial charge is 0.337 e. The van der Waals surface area contributed by atoms with Gasteiger partial charge in [0, 0.05) is 16.8 Å². The molecule has 0 saturated carbocycles. The monoisotopic (exact) mass is 424 g/mol. The number of carbonyl (C=O) groups is 2. The Kier molecular flexibility index (Phi) is 7.24. The number of nitriles is 1. The molecule has 0 aromatic heterocycles. The van der Waals surface area contributed by atoms with Crippen molar-refractivity contribution >= 4 is 17.6 Å². The van der Waals surface area contributed by atoms with Crippen molar-refractivity contribution in [1.82, 2.24) is 0 Å². The van der Waals surface area contributed by atoms with Gasteiger partial charge in [0.05, 0.1) is 24.3 Å². The van der Waals surface area contributed by atoms with E-state index >= 15 is 0 Å². The molecule has 0 saturated heterocycles. The summed E-state index contributed by atoms with van der Waals surface area (Å²) in [7, 11) is 1.33. The number of ether oxygens (including phenoxy) is 2. The normalized spacial score (nSPS) is 10.7. The Morgan fingerprint density at radius 1 is 0.906 bits per heavy atom. The van der Waals surface area contributed by atoms with Gasteiger partial charge in [-0.05, 0) is 67.6 Å². The molecule has 0 aliphatic rings. The minimum absolute atomic E-state index is 0.315. The van der Waals surface area contributed by atoms with Crippen LogP contribution < -0.4 is 10.1 Å². The first-order valence-electron chi connectivity index (χ1n) is 9.76. The van der Waals surface area contributed by atoms with Crippen LogP contribution in [0.2, 0.25) is 0 Å². The van der Waals surface area contributed by atoms with Gasteiger partial charge >= 0.3 is 5.97 Å². The van der Waals surface area contributed by atoms with Crippen molar-refractivity contribution in [3.63, 3.8) is 0 Å². The van der Waals surface area contributed by atoms with Crippen LogP contribution in [0.25, 0.3) is 0 Å². The van der Waals surface area contributed by atoms with Crippen LogP contribution in [0.15, 0.2) is 72.8 Å². The van der Waals surface area contributed by atoms with Gasteiger partial charge in [-0.3, -0.25) is 4.79 Å². The standard InChI is InChI=1S/C26H20N2O4/c1-18(32-24-13-11-21(17-27)12-14-24)25(29)28-23-8-4-6-20(16-23)10-9-19-5-3-7-22(15-19)26(30)31-2/h3-8,11-16,18H,1-2H3,(H,28,29). The number of nitrogens with one attached hydrogen (secondary N) is 1. The van der Waals surface area contributed by atoms with Crippen LogP contribution in [0.5, 0.6) is 5.75 Å². The van der Waals surface area contributed by atoms with Crippen molar-refractivity contribution in [2.75, 3.05) is 12.4 Å². The van der Waals surface area contributed by atoms with E-state index in [9.17, 15) is 9.59 Å². The molecule has 1 unspecified atom stereocenters. The highest BCUT2D eigenvalue weighted by Crippen LogP contribution is 2.15. The molecule has 0 bridgehead atoms. The van der Waals surface area contributed by atoms with Gasteiger partial charge in [0.1, 0.15) is 5.75 Å². The van der Waals surface area contributed by atoms with Crippen LogP contribution in [0, 0.1) is 23.2 Å². The zero-order chi connectivity index (χ0) is 22.9. The Labute approximate surface area is 186 Å². The van der Waals surface area contributed by atoms with Crippen LogP contribution in [-0.2, 0) is 9.53 Å². The van der Waals surface area contributed by atoms with Crippen LogP contribution in [0.3, 0.4) is 0 Å². The summed E-state index contributed by atoms with van der Waals surface area (Å²) < 4.78 is 10.4. The first-order valence-corrected chi connectivity index (χ1v) is 9.76. The summed E-state index contributed by atoms with van der Waals surface area (Å²) >= 11 is 0. The number of methoxy groups -OCH3 is 1. The summed E-state index contributed by atoms with van der Waals surface area (Å²) in [5.41, 5.74) is 2.90. The Balaban J connectivity index is 1.66. The van der Waals surface area contributed by atoms with E-state index < -0.39 is 12.1 Å². The second-order valence-electron chi connectivity index (χ2n) is 6.79. The van der Waals surface area contributed by atoms with Crippen LogP contribution >= 0.6 is 0 Å². The Bertz CT molecular complexity index is 1230. The SMILES string of the molecule is COC(=O)c1cccc(C#Cc2cccc(NC(=O)C(C)Oc3ccc(C#N)cc3)c2)c1. The molecule has 1 N–H and O–H groups in total. The molecule has 0 spiro atoms. The number of hydrogen-bond acceptors (Lipinski definition) is 5. The number of esters is 1. The van der Waals surface area contributed by atoms with Crippen LogP contribution in [0.4, 0.5) is 5.69 Å². The van der Waals surface area contributed by atoms with Gasteiger partial charge in [-0.25, -0.2) is 4.79 Å². The zero-order valence-electron chi connectivity index (χ0n) is 17.6. The van der Waals surface area contributed by atoms with Gasteiger partial charge in [0.25, 0.3) is 5.91 Å². The summed E-state index contributed by atoms with van der Waals surface area (Å²) in [5, 5.41) is 11.7. The predicted octanol–water partition coefficient (Wildman–Crippen LogP) is 4.15. The lowest BCUT2D eigenvalue weighted by Crippen LogP contribution is -2.30. The maximum Gasteiger partial charge on any atom is 0.337 e. The molecular formula is C26H20N2O4. The van der Waals surface area contributed by atoms with Crippen LogP contribution in [-0.4, -0.2) is 25.1 Å². The average Bonchev–Trinajstić information content (AvgIpc) is 2.83. The maximum absolute atomic E-state index is 12.5. The summed E-state index contributed by atoms with van der Waals surface area (Å²) in [6, 6.07) is 22.6. The molecule has 1 atom stereocenters. The molecule has 0 aliphatic carbocycles. The predicted molar refractivity (Wildman–Crippen MR) is 120 cm³/mol. The van der Waals surface area contributed by atoms with E-state index in [-0.39, 0.29) is 5.91 Å². The quantitative estimate of drug-likeness (QED) is 0.491. The number of rotatable bonds is 5. The molecule has 1 amide bonds. The summed E-state index contributed by atoms with van der Waals surface area (Å²) in [6.45, 7) is 1.64. The third kappa shape index (κ3) is 5.98. The average molecular weight is 424 g/mol. The highest BCUT2D eigenvalue weighted by Gasteiger charge is 2.15. The Morgan fingerprint density at radius 3 is 2.22 bits per heavy atom. The lowest BCUT2D eigenvalue weighted by atomic mass is 10.1. The minimum Gasteiger partial charge on any atom is -0.481 e. The molecule has 3 aromatic carbocycles. The lowest BCUT2D eigenvalue weighted by molar-refractivity contribution is -0.122. The first-order chi connectivity index (χ1) is 15.5. The maximum atomic E-state index is 12.5. The van der Waals surface area contributed by atoms with E-state index in [1.807, 2.05) is 12.1 Å². The van der Waals surface area contributed by atoms with Gasteiger partial charge in [-0.2, -0.15) is 5.26 Å². The summed E-state index contributed by atoms with van der Waals surface area (Å²) in [6.07, 6.45) is -0.737. The molecule has 3 aromatic rings. The number of anilines is 1. The van der Waals surface area contributed by atoms with Gasteiger partial charge in [-0.1, -0.05) is 24.0 Å². The van der Waals surface area contributed by atoms with E-state index in [0.717, 1.165) is 0 Å². The number of benzene rings is 3. The molecule has 32 heavy (non-hydrogen) atoms. The van der Waals surface area contributed by atoms with E-state index in [4.69, 9.17) is 14.7 Å². The van der Waals surface area contributed by atoms with E-state index in [1.165, 1.54) is 7.11 Å². The zero-order valence-corrected chi connectivity index (χ0v) is 17.6. The number of carbonyl (C=O) groups excluding carboxylic acids is 2. The summed E-state index contributed by atoms with van der Waals surface area (Å²) in [4.78, 5) is 24.1. The molecule has 0 aliphatic heterocycles. The topological polar surface area (TPSA) is 88.4 Å². The van der Waals surface area contributed by atoms with Crippen LogP contribution in [0.1, 0.15) is 34.0 Å². The molecule has 158 valence electrons. The fourth-order valence-corrected chi connectivity index (χ4v) is 2.77. The fraction of sp³-hybridized carbons (Fsp3) is 0.115. The molecule has 6 heteroatoms. The Hall–Kier alpha value is -4.55. The molecule has 0 heterocycles. The van der Waals surface area contributed by atoms with Crippen molar-refractivity contribution in [2.24, 2.45) is 0 Å². The van der Waals surface area contributed by atoms with Crippen molar-refractivity contribution in [3.05, 3.63) is 95.1 Å². The first kappa shape index (κ1) is 22.1. The van der Waals surface area contributed by atoms with Crippen molar-refractivity contribution < 1.29 is 19.1 Å². The van der Waals surface area contributed by atoms with E-state index in [1.54, 1.807) is 73.7 Å². The molecular weight excluding hydrogens is 404 g/mol. The third-order valence-electron chi connectivity index (χ3n) is 4.43. The van der Waals surface area contributed by atoms with Gasteiger partial charge in [-0.15, -0.1) is 0 Å². The lowest BCUT2D eigenvalue weighted by Gasteiger charge is -2.15. The Morgan fingerprint density at radius 2 is 1.56 bits per heavy atom. The van der Waals surface area contributed by atoms with Gasteiger partial charge in [0.15, 0.2) is 6.10 Å². The van der Waals surface area contributed by atoms with Crippen molar-refractivity contribution in [3.8, 4) is 23.7 Å². The van der Waals surface area contributed by atoms with Gasteiger partial charge < -0.3 is 14.8 Å². The third-order valence-corrected chi connectivity index (χ3v) is 4.43.